The molecule has 1 atom stereocenters. The Morgan fingerprint density at radius 3 is 2.50 bits per heavy atom. The topological polar surface area (TPSA) is 61.8 Å². The molecule has 0 amide bonds. The van der Waals surface area contributed by atoms with Gasteiger partial charge in [-0.2, -0.15) is 0 Å². The zero-order valence-corrected chi connectivity index (χ0v) is 11.8. The Bertz CT molecular complexity index is 618. The van der Waals surface area contributed by atoms with Crippen molar-refractivity contribution < 1.29 is 14.2 Å². The number of sulfone groups is 1. The van der Waals surface area contributed by atoms with Crippen molar-refractivity contribution in [1.82, 2.24) is 0 Å². The van der Waals surface area contributed by atoms with E-state index in [0.717, 1.165) is 11.1 Å². The van der Waals surface area contributed by atoms with Gasteiger partial charge in [-0.3, -0.25) is 0 Å². The van der Waals surface area contributed by atoms with E-state index in [1.165, 1.54) is 11.3 Å². The van der Waals surface area contributed by atoms with Gasteiger partial charge in [0.15, 0.2) is 9.84 Å². The molecule has 3 N–H and O–H groups in total. The van der Waals surface area contributed by atoms with Crippen LogP contribution in [0.25, 0.3) is 0 Å². The van der Waals surface area contributed by atoms with Gasteiger partial charge < -0.3 is 5.73 Å². The number of quaternary nitrogens is 1. The number of hydrogen-bond acceptors (Lipinski definition) is 3. The second-order valence-corrected chi connectivity index (χ2v) is 7.42. The highest BCUT2D eigenvalue weighted by Crippen LogP contribution is 2.31. The number of benzene rings is 1. The molecule has 0 radical (unpaired) electrons. The quantitative estimate of drug-likeness (QED) is 0.929. The average Bonchev–Trinajstić information content (AvgIpc) is 2.86. The molecule has 2 rings (SSSR count). The Labute approximate surface area is 111 Å². The van der Waals surface area contributed by atoms with Gasteiger partial charge in [-0.25, -0.2) is 8.42 Å². The fraction of sp³-hybridized carbons (Fsp3) is 0.231. The van der Waals surface area contributed by atoms with Crippen LogP contribution < -0.4 is 5.73 Å². The molecule has 96 valence electrons. The number of rotatable bonds is 4. The van der Waals surface area contributed by atoms with Crippen LogP contribution in [0.4, 0.5) is 0 Å². The molecule has 0 aliphatic rings. The lowest BCUT2D eigenvalue weighted by molar-refractivity contribution is -0.367. The summed E-state index contributed by atoms with van der Waals surface area (Å²) in [5.74, 6) is 0. The van der Waals surface area contributed by atoms with Gasteiger partial charge >= 0.3 is 0 Å². The summed E-state index contributed by atoms with van der Waals surface area (Å²) in [5.41, 5.74) is 5.65. The van der Waals surface area contributed by atoms with E-state index in [9.17, 15) is 8.42 Å². The van der Waals surface area contributed by atoms with E-state index in [2.05, 4.69) is 5.73 Å². The largest absolute Gasteiger partial charge is 0.356 e. The third-order valence-electron chi connectivity index (χ3n) is 2.95. The standard InChI is InChI=1S/C13H15NO2S2/c1-10-5-2-3-6-11(10)12(9-14)18(15,16)13-7-4-8-17-13/h2-8,12H,9,14H2,1H3/p+1/t12-/m0/s1. The van der Waals surface area contributed by atoms with Crippen molar-refractivity contribution in [2.75, 3.05) is 6.54 Å². The van der Waals surface area contributed by atoms with Crippen molar-refractivity contribution in [2.24, 2.45) is 0 Å². The number of thiophene rings is 1. The molecular weight excluding hydrogens is 266 g/mol. The first-order valence-electron chi connectivity index (χ1n) is 5.69. The first kappa shape index (κ1) is 13.3. The van der Waals surface area contributed by atoms with Gasteiger partial charge in [0.05, 0.1) is 6.54 Å². The molecule has 0 aliphatic heterocycles. The van der Waals surface area contributed by atoms with Crippen molar-refractivity contribution in [2.45, 2.75) is 16.4 Å². The highest BCUT2D eigenvalue weighted by atomic mass is 32.2. The van der Waals surface area contributed by atoms with E-state index in [0.29, 0.717) is 10.8 Å². The van der Waals surface area contributed by atoms with Crippen LogP contribution in [0, 0.1) is 6.92 Å². The van der Waals surface area contributed by atoms with Gasteiger partial charge in [0.1, 0.15) is 9.46 Å². The minimum absolute atomic E-state index is 0.338. The summed E-state index contributed by atoms with van der Waals surface area (Å²) in [5, 5.41) is 1.22. The van der Waals surface area contributed by atoms with Gasteiger partial charge in [0.25, 0.3) is 0 Å². The Morgan fingerprint density at radius 2 is 1.94 bits per heavy atom. The minimum Gasteiger partial charge on any atom is -0.356 e. The Hall–Kier alpha value is -1.17. The molecule has 5 heteroatoms. The highest BCUT2D eigenvalue weighted by Gasteiger charge is 2.31. The lowest BCUT2D eigenvalue weighted by atomic mass is 10.1. The summed E-state index contributed by atoms with van der Waals surface area (Å²) in [6, 6.07) is 11.0. The second-order valence-electron chi connectivity index (χ2n) is 4.11. The first-order valence-corrected chi connectivity index (χ1v) is 8.12. The van der Waals surface area contributed by atoms with Crippen LogP contribution in [0.1, 0.15) is 16.4 Å². The molecule has 3 nitrogen and oxygen atoms in total. The smallest absolute Gasteiger partial charge is 0.200 e. The normalized spacial score (nSPS) is 13.4. The SMILES string of the molecule is Cc1ccccc1[C@H](C[NH3+])S(=O)(=O)c1cccs1. The summed E-state index contributed by atoms with van der Waals surface area (Å²) in [6.45, 7) is 2.27. The van der Waals surface area contributed by atoms with Crippen molar-refractivity contribution in [3.8, 4) is 0 Å². The summed E-state index contributed by atoms with van der Waals surface area (Å²) in [4.78, 5) is 0. The highest BCUT2D eigenvalue weighted by molar-refractivity contribution is 7.93. The van der Waals surface area contributed by atoms with Crippen molar-refractivity contribution >= 4 is 21.2 Å². The molecule has 0 spiro atoms. The van der Waals surface area contributed by atoms with Crippen molar-refractivity contribution in [1.29, 1.82) is 0 Å². The Balaban J connectivity index is 2.51. The Morgan fingerprint density at radius 1 is 1.22 bits per heavy atom. The van der Waals surface area contributed by atoms with Crippen molar-refractivity contribution in [3.63, 3.8) is 0 Å². The molecule has 0 unspecified atom stereocenters. The lowest BCUT2D eigenvalue weighted by Crippen LogP contribution is -2.54. The van der Waals surface area contributed by atoms with Crippen LogP contribution in [0.5, 0.6) is 0 Å². The van der Waals surface area contributed by atoms with Crippen LogP contribution >= 0.6 is 11.3 Å². The van der Waals surface area contributed by atoms with E-state index in [-0.39, 0.29) is 0 Å². The number of hydrogen-bond donors (Lipinski definition) is 1. The van der Waals surface area contributed by atoms with Gasteiger partial charge in [-0.15, -0.1) is 11.3 Å². The maximum atomic E-state index is 12.5. The van der Waals surface area contributed by atoms with Gasteiger partial charge in [-0.1, -0.05) is 30.3 Å². The molecule has 0 bridgehead atoms. The average molecular weight is 282 g/mol. The Kier molecular flexibility index (Phi) is 3.85. The fourth-order valence-corrected chi connectivity index (χ4v) is 4.95. The molecule has 0 saturated carbocycles. The van der Waals surface area contributed by atoms with Crippen LogP contribution in [-0.4, -0.2) is 15.0 Å². The summed E-state index contributed by atoms with van der Waals surface area (Å²) >= 11 is 1.26. The monoisotopic (exact) mass is 282 g/mol. The third kappa shape index (κ3) is 2.34. The molecule has 1 heterocycles. The van der Waals surface area contributed by atoms with E-state index < -0.39 is 15.1 Å². The zero-order valence-electron chi connectivity index (χ0n) is 10.2. The maximum absolute atomic E-state index is 12.5. The maximum Gasteiger partial charge on any atom is 0.200 e. The van der Waals surface area contributed by atoms with Crippen LogP contribution in [0.3, 0.4) is 0 Å². The molecule has 0 saturated heterocycles. The predicted octanol–water partition coefficient (Wildman–Crippen LogP) is 1.81. The van der Waals surface area contributed by atoms with Crippen LogP contribution in [0.2, 0.25) is 0 Å². The van der Waals surface area contributed by atoms with E-state index in [1.807, 2.05) is 31.2 Å². The molecule has 2 aromatic rings. The second kappa shape index (κ2) is 5.22. The lowest BCUT2D eigenvalue weighted by Gasteiger charge is -2.15. The summed E-state index contributed by atoms with van der Waals surface area (Å²) in [6.07, 6.45) is 0. The van der Waals surface area contributed by atoms with Gasteiger partial charge in [0.2, 0.25) is 0 Å². The number of aryl methyl sites for hydroxylation is 1. The van der Waals surface area contributed by atoms with Crippen LogP contribution in [0.15, 0.2) is 46.0 Å². The van der Waals surface area contributed by atoms with Gasteiger partial charge in [-0.05, 0) is 29.5 Å². The minimum atomic E-state index is -3.33. The van der Waals surface area contributed by atoms with Crippen LogP contribution in [-0.2, 0) is 9.84 Å². The summed E-state index contributed by atoms with van der Waals surface area (Å²) in [7, 11) is -3.33. The first-order chi connectivity index (χ1) is 8.57. The van der Waals surface area contributed by atoms with Gasteiger partial charge in [0, 0.05) is 0 Å². The third-order valence-corrected chi connectivity index (χ3v) is 6.53. The molecule has 0 aliphatic carbocycles. The molecule has 0 fully saturated rings. The fourth-order valence-electron chi connectivity index (χ4n) is 1.99. The van der Waals surface area contributed by atoms with E-state index in [1.54, 1.807) is 17.5 Å². The summed E-state index contributed by atoms with van der Waals surface area (Å²) < 4.78 is 25.5. The van der Waals surface area contributed by atoms with E-state index in [4.69, 9.17) is 0 Å². The zero-order chi connectivity index (χ0) is 13.2. The molecular formula is C13H16NO2S2+. The molecule has 18 heavy (non-hydrogen) atoms. The van der Waals surface area contributed by atoms with E-state index >= 15 is 0 Å². The van der Waals surface area contributed by atoms with Crippen molar-refractivity contribution in [3.05, 3.63) is 52.9 Å². The molecule has 1 aromatic carbocycles. The molecule has 1 aromatic heterocycles. The predicted molar refractivity (Wildman–Crippen MR) is 73.2 cm³/mol.